The van der Waals surface area contributed by atoms with E-state index in [1.807, 2.05) is 13.8 Å². The number of aromatic nitrogens is 2. The van der Waals surface area contributed by atoms with Crippen molar-refractivity contribution in [3.8, 4) is 0 Å². The summed E-state index contributed by atoms with van der Waals surface area (Å²) in [6.07, 6.45) is 2.40. The van der Waals surface area contributed by atoms with Gasteiger partial charge in [-0.2, -0.15) is 0 Å². The first-order chi connectivity index (χ1) is 13.3. The van der Waals surface area contributed by atoms with Crippen molar-refractivity contribution in [3.05, 3.63) is 41.4 Å². The molecule has 2 rings (SSSR count). The molecule has 0 aliphatic carbocycles. The predicted octanol–water partition coefficient (Wildman–Crippen LogP) is 5.26. The van der Waals surface area contributed by atoms with E-state index in [-0.39, 0.29) is 12.5 Å². The van der Waals surface area contributed by atoms with Crippen molar-refractivity contribution in [2.45, 2.75) is 68.8 Å². The molecule has 0 aliphatic rings. The molecule has 154 valence electrons. The molecule has 0 spiro atoms. The van der Waals surface area contributed by atoms with E-state index in [2.05, 4.69) is 11.5 Å². The van der Waals surface area contributed by atoms with Crippen molar-refractivity contribution in [1.29, 1.82) is 0 Å². The number of nitrogens with two attached hydrogens (primary N) is 1. The highest BCUT2D eigenvalue weighted by molar-refractivity contribution is 7.99. The number of primary amides is 1. The molecule has 2 aromatic rings. The standard InChI is InChI=1S/C20H27F2N3O2S/c1-4-5-8-25-17(7-6-9-27-20(23)26)24-18(13(2)3)19(25)28-16-11-14(21)10-15(22)12-16/h10-13H,4-9H2,1-3H3,(H2,23,26). The second kappa shape index (κ2) is 10.5. The number of nitrogens with zero attached hydrogens (tertiary/aromatic N) is 2. The van der Waals surface area contributed by atoms with Crippen molar-refractivity contribution < 1.29 is 18.3 Å². The van der Waals surface area contributed by atoms with E-state index in [4.69, 9.17) is 15.5 Å². The van der Waals surface area contributed by atoms with Gasteiger partial charge in [-0.3, -0.25) is 0 Å². The summed E-state index contributed by atoms with van der Waals surface area (Å²) in [7, 11) is 0. The number of rotatable bonds is 10. The lowest BCUT2D eigenvalue weighted by Gasteiger charge is -2.13. The number of carbonyl (C=O) groups excluding carboxylic acids is 1. The number of ether oxygens (including phenoxy) is 1. The lowest BCUT2D eigenvalue weighted by molar-refractivity contribution is 0.155. The third-order valence-corrected chi connectivity index (χ3v) is 5.24. The smallest absolute Gasteiger partial charge is 0.404 e. The quantitative estimate of drug-likeness (QED) is 0.541. The van der Waals surface area contributed by atoms with Gasteiger partial charge in [-0.05, 0) is 30.9 Å². The Hall–Kier alpha value is -2.09. The maximum atomic E-state index is 13.6. The molecule has 5 nitrogen and oxygen atoms in total. The fourth-order valence-electron chi connectivity index (χ4n) is 2.83. The fraction of sp³-hybridized carbons (Fsp3) is 0.500. The molecule has 28 heavy (non-hydrogen) atoms. The Morgan fingerprint density at radius 3 is 2.50 bits per heavy atom. The first-order valence-corrected chi connectivity index (χ1v) is 10.3. The molecule has 0 radical (unpaired) electrons. The van der Waals surface area contributed by atoms with Crippen LogP contribution in [0, 0.1) is 11.6 Å². The normalized spacial score (nSPS) is 11.2. The molecular weight excluding hydrogens is 384 g/mol. The fourth-order valence-corrected chi connectivity index (χ4v) is 4.09. The lowest BCUT2D eigenvalue weighted by Crippen LogP contribution is -2.14. The molecule has 1 heterocycles. The van der Waals surface area contributed by atoms with Crippen LogP contribution < -0.4 is 5.73 Å². The summed E-state index contributed by atoms with van der Waals surface area (Å²) in [6.45, 7) is 7.19. The third-order valence-electron chi connectivity index (χ3n) is 4.15. The topological polar surface area (TPSA) is 70.1 Å². The summed E-state index contributed by atoms with van der Waals surface area (Å²) in [5.41, 5.74) is 5.90. The van der Waals surface area contributed by atoms with Crippen LogP contribution in [0.25, 0.3) is 0 Å². The number of carbonyl (C=O) groups is 1. The highest BCUT2D eigenvalue weighted by Gasteiger charge is 2.20. The Bertz CT molecular complexity index is 789. The van der Waals surface area contributed by atoms with Crippen LogP contribution in [-0.2, 0) is 17.7 Å². The second-order valence-corrected chi connectivity index (χ2v) is 7.92. The molecule has 1 amide bonds. The van der Waals surface area contributed by atoms with Crippen molar-refractivity contribution in [1.82, 2.24) is 9.55 Å². The predicted molar refractivity (Wildman–Crippen MR) is 106 cm³/mol. The first-order valence-electron chi connectivity index (χ1n) is 9.47. The summed E-state index contributed by atoms with van der Waals surface area (Å²) in [4.78, 5) is 16.0. The minimum absolute atomic E-state index is 0.157. The van der Waals surface area contributed by atoms with Gasteiger partial charge in [0.05, 0.1) is 12.3 Å². The Balaban J connectivity index is 2.34. The van der Waals surface area contributed by atoms with Gasteiger partial charge in [0.2, 0.25) is 0 Å². The van der Waals surface area contributed by atoms with Crippen molar-refractivity contribution in [3.63, 3.8) is 0 Å². The second-order valence-electron chi connectivity index (χ2n) is 6.86. The Labute approximate surface area is 168 Å². The maximum absolute atomic E-state index is 13.6. The van der Waals surface area contributed by atoms with Gasteiger partial charge in [-0.25, -0.2) is 18.6 Å². The number of benzene rings is 1. The van der Waals surface area contributed by atoms with Gasteiger partial charge < -0.3 is 15.0 Å². The molecule has 0 atom stereocenters. The largest absolute Gasteiger partial charge is 0.450 e. The van der Waals surface area contributed by atoms with Crippen LogP contribution in [0.3, 0.4) is 0 Å². The first kappa shape index (κ1) is 22.2. The van der Waals surface area contributed by atoms with Crippen LogP contribution in [0.4, 0.5) is 13.6 Å². The summed E-state index contributed by atoms with van der Waals surface area (Å²) < 4.78 is 34.2. The van der Waals surface area contributed by atoms with E-state index in [0.717, 1.165) is 42.0 Å². The van der Waals surface area contributed by atoms with Crippen molar-refractivity contribution in [2.24, 2.45) is 5.73 Å². The summed E-state index contributed by atoms with van der Waals surface area (Å²) in [5.74, 6) is -0.164. The minimum atomic E-state index is -0.790. The molecule has 0 saturated heterocycles. The van der Waals surface area contributed by atoms with E-state index in [1.54, 1.807) is 0 Å². The number of unbranched alkanes of at least 4 members (excludes halogenated alkanes) is 1. The minimum Gasteiger partial charge on any atom is -0.450 e. The number of hydrogen-bond donors (Lipinski definition) is 1. The zero-order valence-corrected chi connectivity index (χ0v) is 17.3. The Morgan fingerprint density at radius 1 is 1.25 bits per heavy atom. The number of imidazole rings is 1. The lowest BCUT2D eigenvalue weighted by atomic mass is 10.1. The Kier molecular flexibility index (Phi) is 8.29. The molecule has 0 fully saturated rings. The highest BCUT2D eigenvalue weighted by atomic mass is 32.2. The van der Waals surface area contributed by atoms with E-state index < -0.39 is 17.7 Å². The zero-order valence-electron chi connectivity index (χ0n) is 16.5. The van der Waals surface area contributed by atoms with E-state index in [9.17, 15) is 13.6 Å². The maximum Gasteiger partial charge on any atom is 0.404 e. The van der Waals surface area contributed by atoms with Crippen LogP contribution in [0.1, 0.15) is 57.5 Å². The van der Waals surface area contributed by atoms with Crippen LogP contribution >= 0.6 is 11.8 Å². The summed E-state index contributed by atoms with van der Waals surface area (Å²) in [6, 6.07) is 3.52. The van der Waals surface area contributed by atoms with Crippen LogP contribution in [-0.4, -0.2) is 22.3 Å². The van der Waals surface area contributed by atoms with Crippen molar-refractivity contribution >= 4 is 17.9 Å². The molecule has 0 saturated carbocycles. The monoisotopic (exact) mass is 411 g/mol. The molecular formula is C20H27F2N3O2S. The van der Waals surface area contributed by atoms with Gasteiger partial charge in [0, 0.05) is 23.9 Å². The highest BCUT2D eigenvalue weighted by Crippen LogP contribution is 2.36. The van der Waals surface area contributed by atoms with Gasteiger partial charge in [0.25, 0.3) is 0 Å². The van der Waals surface area contributed by atoms with E-state index >= 15 is 0 Å². The molecule has 1 aromatic heterocycles. The number of hydrogen-bond acceptors (Lipinski definition) is 4. The SMILES string of the molecule is CCCCn1c(CCCOC(N)=O)nc(C(C)C)c1Sc1cc(F)cc(F)c1. The van der Waals surface area contributed by atoms with Crippen LogP contribution in [0.5, 0.6) is 0 Å². The van der Waals surface area contributed by atoms with Gasteiger partial charge in [0.1, 0.15) is 22.5 Å². The zero-order chi connectivity index (χ0) is 20.7. The van der Waals surface area contributed by atoms with Gasteiger partial charge in [-0.1, -0.05) is 39.0 Å². The molecule has 0 bridgehead atoms. The van der Waals surface area contributed by atoms with Gasteiger partial charge in [-0.15, -0.1) is 0 Å². The number of amides is 1. The van der Waals surface area contributed by atoms with Crippen molar-refractivity contribution in [2.75, 3.05) is 6.61 Å². The molecule has 1 aromatic carbocycles. The average molecular weight is 412 g/mol. The summed E-state index contributed by atoms with van der Waals surface area (Å²) >= 11 is 1.33. The summed E-state index contributed by atoms with van der Waals surface area (Å²) in [5, 5.41) is 0.902. The van der Waals surface area contributed by atoms with Crippen LogP contribution in [0.2, 0.25) is 0 Å². The average Bonchev–Trinajstić information content (AvgIpc) is 2.93. The number of aryl methyl sites for hydroxylation is 1. The Morgan fingerprint density at radius 2 is 1.93 bits per heavy atom. The van der Waals surface area contributed by atoms with Gasteiger partial charge in [0.15, 0.2) is 0 Å². The molecule has 0 aliphatic heterocycles. The molecule has 8 heteroatoms. The van der Waals surface area contributed by atoms with E-state index in [0.29, 0.717) is 17.7 Å². The van der Waals surface area contributed by atoms with Crippen LogP contribution in [0.15, 0.2) is 28.1 Å². The third kappa shape index (κ3) is 6.22. The van der Waals surface area contributed by atoms with Gasteiger partial charge >= 0.3 is 6.09 Å². The molecule has 2 N–H and O–H groups in total. The van der Waals surface area contributed by atoms with E-state index in [1.165, 1.54) is 23.9 Å². The molecule has 0 unspecified atom stereocenters. The number of halogens is 2.